The van der Waals surface area contributed by atoms with Crippen LogP contribution in [-0.4, -0.2) is 59.7 Å². The molecule has 3 rings (SSSR count). The highest BCUT2D eigenvalue weighted by Gasteiger charge is 2.31. The number of carbonyl (C=O) groups is 1. The molecule has 0 spiro atoms. The lowest BCUT2D eigenvalue weighted by molar-refractivity contribution is 0.0691. The second-order valence-electron chi connectivity index (χ2n) is 6.51. The molecule has 26 heavy (non-hydrogen) atoms. The van der Waals surface area contributed by atoms with E-state index in [1.807, 2.05) is 19.1 Å². The van der Waals surface area contributed by atoms with E-state index < -0.39 is 10.0 Å². The Labute approximate surface area is 153 Å². The van der Waals surface area contributed by atoms with Gasteiger partial charge in [0.05, 0.1) is 16.8 Å². The van der Waals surface area contributed by atoms with Gasteiger partial charge in [-0.15, -0.1) is 0 Å². The monoisotopic (exact) mass is 374 g/mol. The maximum absolute atomic E-state index is 12.9. The number of sulfonamides is 1. The van der Waals surface area contributed by atoms with Crippen LogP contribution < -0.4 is 0 Å². The van der Waals surface area contributed by atoms with Crippen molar-refractivity contribution in [3.05, 3.63) is 53.1 Å². The molecule has 0 bridgehead atoms. The van der Waals surface area contributed by atoms with Gasteiger partial charge in [0, 0.05) is 32.4 Å². The summed E-state index contributed by atoms with van der Waals surface area (Å²) in [6.45, 7) is 6.66. The predicted molar refractivity (Wildman–Crippen MR) is 97.3 cm³/mol. The van der Waals surface area contributed by atoms with E-state index in [2.05, 4.69) is 9.97 Å². The molecule has 1 aromatic carbocycles. The fraction of sp³-hybridized carbons (Fsp3) is 0.389. The molecule has 1 fully saturated rings. The number of nitrogens with zero attached hydrogens (tertiary/aromatic N) is 4. The van der Waals surface area contributed by atoms with Gasteiger partial charge in [0.1, 0.15) is 5.69 Å². The van der Waals surface area contributed by atoms with E-state index >= 15 is 0 Å². The number of benzene rings is 1. The van der Waals surface area contributed by atoms with E-state index in [0.717, 1.165) is 16.8 Å². The second kappa shape index (κ2) is 7.13. The van der Waals surface area contributed by atoms with Crippen LogP contribution in [0.1, 0.15) is 27.3 Å². The molecular formula is C18H22N4O3S. The van der Waals surface area contributed by atoms with Crippen LogP contribution in [0, 0.1) is 20.8 Å². The fourth-order valence-corrected chi connectivity index (χ4v) is 4.65. The van der Waals surface area contributed by atoms with Crippen LogP contribution in [0.5, 0.6) is 0 Å². The molecule has 2 aromatic rings. The molecule has 7 nitrogen and oxygen atoms in total. The number of aryl methyl sites for hydroxylation is 3. The Hall–Kier alpha value is -2.32. The molecule has 1 saturated heterocycles. The third-order valence-electron chi connectivity index (χ3n) is 4.49. The minimum absolute atomic E-state index is 0.221. The van der Waals surface area contributed by atoms with Gasteiger partial charge >= 0.3 is 0 Å². The van der Waals surface area contributed by atoms with Crippen molar-refractivity contribution in [2.75, 3.05) is 26.2 Å². The average Bonchev–Trinajstić information content (AvgIpc) is 2.64. The number of aromatic nitrogens is 2. The molecule has 1 aliphatic heterocycles. The number of carbonyl (C=O) groups excluding carboxylic acids is 1. The SMILES string of the molecule is Cc1ccc(C)c(S(=O)(=O)N2CCN(C(=O)c3cnc(C)cn3)CC2)c1. The van der Waals surface area contributed by atoms with Crippen molar-refractivity contribution in [3.63, 3.8) is 0 Å². The molecule has 8 heteroatoms. The third kappa shape index (κ3) is 3.61. The number of piperazine rings is 1. The Morgan fingerprint density at radius 3 is 2.31 bits per heavy atom. The van der Waals surface area contributed by atoms with Gasteiger partial charge in [-0.25, -0.2) is 13.4 Å². The first-order valence-electron chi connectivity index (χ1n) is 8.44. The molecule has 1 amide bonds. The van der Waals surface area contributed by atoms with Gasteiger partial charge in [0.25, 0.3) is 5.91 Å². The lowest BCUT2D eigenvalue weighted by atomic mass is 10.2. The third-order valence-corrected chi connectivity index (χ3v) is 6.53. The minimum atomic E-state index is -3.57. The molecule has 0 unspecified atom stereocenters. The zero-order valence-corrected chi connectivity index (χ0v) is 16.0. The van der Waals surface area contributed by atoms with Crippen molar-refractivity contribution in [2.24, 2.45) is 0 Å². The molecule has 0 saturated carbocycles. The van der Waals surface area contributed by atoms with E-state index in [9.17, 15) is 13.2 Å². The van der Waals surface area contributed by atoms with Crippen molar-refractivity contribution >= 4 is 15.9 Å². The van der Waals surface area contributed by atoms with Crippen molar-refractivity contribution in [2.45, 2.75) is 25.7 Å². The summed E-state index contributed by atoms with van der Waals surface area (Å²) in [6, 6.07) is 5.41. The molecule has 0 aliphatic carbocycles. The van der Waals surface area contributed by atoms with Gasteiger partial charge in [-0.1, -0.05) is 12.1 Å². The molecule has 0 N–H and O–H groups in total. The molecular weight excluding hydrogens is 352 g/mol. The number of amides is 1. The zero-order valence-electron chi connectivity index (χ0n) is 15.1. The summed E-state index contributed by atoms with van der Waals surface area (Å²) in [5.41, 5.74) is 2.65. The van der Waals surface area contributed by atoms with Gasteiger partial charge in [-0.2, -0.15) is 4.31 Å². The summed E-state index contributed by atoms with van der Waals surface area (Å²) < 4.78 is 27.3. The first-order chi connectivity index (χ1) is 12.3. The Balaban J connectivity index is 1.72. The Morgan fingerprint density at radius 1 is 1.00 bits per heavy atom. The normalized spacial score (nSPS) is 15.9. The Bertz CT molecular complexity index is 918. The molecule has 2 heterocycles. The number of rotatable bonds is 3. The summed E-state index contributed by atoms with van der Waals surface area (Å²) >= 11 is 0. The van der Waals surface area contributed by atoms with Gasteiger partial charge in [-0.3, -0.25) is 9.78 Å². The highest BCUT2D eigenvalue weighted by Crippen LogP contribution is 2.22. The summed E-state index contributed by atoms with van der Waals surface area (Å²) in [7, 11) is -3.57. The zero-order chi connectivity index (χ0) is 18.9. The van der Waals surface area contributed by atoms with Crippen LogP contribution >= 0.6 is 0 Å². The summed E-state index contributed by atoms with van der Waals surface area (Å²) in [5, 5.41) is 0. The molecule has 1 aromatic heterocycles. The minimum Gasteiger partial charge on any atom is -0.335 e. The average molecular weight is 374 g/mol. The summed E-state index contributed by atoms with van der Waals surface area (Å²) in [6.07, 6.45) is 3.01. The maximum atomic E-state index is 12.9. The van der Waals surface area contributed by atoms with E-state index in [4.69, 9.17) is 0 Å². The van der Waals surface area contributed by atoms with E-state index in [1.165, 1.54) is 10.5 Å². The van der Waals surface area contributed by atoms with Crippen LogP contribution in [0.4, 0.5) is 0 Å². The van der Waals surface area contributed by atoms with Crippen LogP contribution in [-0.2, 0) is 10.0 Å². The molecule has 138 valence electrons. The fourth-order valence-electron chi connectivity index (χ4n) is 2.92. The maximum Gasteiger partial charge on any atom is 0.274 e. The smallest absolute Gasteiger partial charge is 0.274 e. The Morgan fingerprint density at radius 2 is 1.69 bits per heavy atom. The van der Waals surface area contributed by atoms with Crippen LogP contribution in [0.2, 0.25) is 0 Å². The van der Waals surface area contributed by atoms with Gasteiger partial charge < -0.3 is 4.90 Å². The van der Waals surface area contributed by atoms with Crippen molar-refractivity contribution in [1.29, 1.82) is 0 Å². The lowest BCUT2D eigenvalue weighted by Gasteiger charge is -2.34. The van der Waals surface area contributed by atoms with Crippen molar-refractivity contribution in [1.82, 2.24) is 19.2 Å². The summed E-state index contributed by atoms with van der Waals surface area (Å²) in [4.78, 5) is 22.6. The van der Waals surface area contributed by atoms with Crippen LogP contribution in [0.25, 0.3) is 0 Å². The van der Waals surface area contributed by atoms with Crippen molar-refractivity contribution < 1.29 is 13.2 Å². The van der Waals surface area contributed by atoms with E-state index in [1.54, 1.807) is 31.0 Å². The predicted octanol–water partition coefficient (Wildman–Crippen LogP) is 1.55. The topological polar surface area (TPSA) is 83.5 Å². The van der Waals surface area contributed by atoms with Crippen LogP contribution in [0.15, 0.2) is 35.5 Å². The standard InChI is InChI=1S/C18H22N4O3S/c1-13-4-5-14(2)17(10-13)26(24,25)22-8-6-21(7-9-22)18(23)16-12-19-15(3)11-20-16/h4-5,10-12H,6-9H2,1-3H3. The molecule has 0 atom stereocenters. The summed E-state index contributed by atoms with van der Waals surface area (Å²) in [5.74, 6) is -0.221. The Kier molecular flexibility index (Phi) is 5.06. The number of hydrogen-bond acceptors (Lipinski definition) is 5. The first kappa shape index (κ1) is 18.5. The highest BCUT2D eigenvalue weighted by molar-refractivity contribution is 7.89. The van der Waals surface area contributed by atoms with Crippen LogP contribution in [0.3, 0.4) is 0 Å². The molecule has 1 aliphatic rings. The van der Waals surface area contributed by atoms with Crippen molar-refractivity contribution in [3.8, 4) is 0 Å². The highest BCUT2D eigenvalue weighted by atomic mass is 32.2. The van der Waals surface area contributed by atoms with Gasteiger partial charge in [0.2, 0.25) is 10.0 Å². The van der Waals surface area contributed by atoms with E-state index in [-0.39, 0.29) is 24.7 Å². The quantitative estimate of drug-likeness (QED) is 0.814. The molecule has 0 radical (unpaired) electrons. The lowest BCUT2D eigenvalue weighted by Crippen LogP contribution is -2.50. The first-order valence-corrected chi connectivity index (χ1v) is 9.88. The largest absolute Gasteiger partial charge is 0.335 e. The number of hydrogen-bond donors (Lipinski definition) is 0. The van der Waals surface area contributed by atoms with E-state index in [0.29, 0.717) is 18.0 Å². The second-order valence-corrected chi connectivity index (χ2v) is 8.41. The van der Waals surface area contributed by atoms with Gasteiger partial charge in [0.15, 0.2) is 0 Å². The van der Waals surface area contributed by atoms with Gasteiger partial charge in [-0.05, 0) is 38.0 Å².